The first kappa shape index (κ1) is 12.0. The van der Waals surface area contributed by atoms with Crippen LogP contribution >= 0.6 is 0 Å². The summed E-state index contributed by atoms with van der Waals surface area (Å²) in [5.74, 6) is 0. The molecule has 4 heteroatoms. The Morgan fingerprint density at radius 3 is 1.89 bits per heavy atom. The van der Waals surface area contributed by atoms with Crippen molar-refractivity contribution < 1.29 is 15.0 Å². The van der Waals surface area contributed by atoms with E-state index in [2.05, 4.69) is 6.92 Å². The molecule has 3 nitrogen and oxygen atoms in total. The van der Waals surface area contributed by atoms with Gasteiger partial charge >= 0.3 is 57.5 Å². The Morgan fingerprint density at radius 1 is 1.56 bits per heavy atom. The van der Waals surface area contributed by atoms with Gasteiger partial charge in [-0.3, -0.25) is 0 Å². The van der Waals surface area contributed by atoms with Gasteiger partial charge in [-0.2, -0.15) is 0 Å². The molecule has 0 unspecified atom stereocenters. The maximum Gasteiger partial charge on any atom is 0.503 e. The summed E-state index contributed by atoms with van der Waals surface area (Å²) in [6, 6.07) is 0. The summed E-state index contributed by atoms with van der Waals surface area (Å²) < 4.78 is 1.48. The predicted octanol–water partition coefficient (Wildman–Crippen LogP) is 1.60. The van der Waals surface area contributed by atoms with Crippen molar-refractivity contribution in [2.45, 2.75) is 23.4 Å². The molecule has 0 amide bonds. The van der Waals surface area contributed by atoms with E-state index in [0.29, 0.717) is 0 Å². The largest absolute Gasteiger partial charge is 0.503 e. The van der Waals surface area contributed by atoms with Gasteiger partial charge in [0.15, 0.2) is 0 Å². The Kier molecular flexibility index (Phi) is 14.8. The molecular weight excluding hydrogens is 131 g/mol. The molecule has 2 N–H and O–H groups in total. The van der Waals surface area contributed by atoms with Crippen LogP contribution in [0.5, 0.6) is 0 Å². The molecular formula is C5H11NaO3. The molecule has 0 atom stereocenters. The van der Waals surface area contributed by atoms with Crippen LogP contribution in [0.4, 0.5) is 4.79 Å². The summed E-state index contributed by atoms with van der Waals surface area (Å²) in [4.78, 5) is 8.56. The zero-order chi connectivity index (χ0) is 7.70. The normalized spacial score (nSPS) is 7.44. The quantitative estimate of drug-likeness (QED) is 0.575. The topological polar surface area (TPSA) is 57.5 Å². The van der Waals surface area contributed by atoms with Crippen LogP contribution < -0.4 is 0 Å². The Hall–Kier alpha value is 0.270. The molecule has 0 aromatic rings. The molecule has 0 fully saturated rings. The van der Waals surface area contributed by atoms with Crippen LogP contribution in [0.3, 0.4) is 0 Å². The van der Waals surface area contributed by atoms with Crippen molar-refractivity contribution in [1.29, 1.82) is 0 Å². The molecule has 50 valence electrons. The van der Waals surface area contributed by atoms with Crippen LogP contribution in [0.25, 0.3) is 0 Å². The Balaban J connectivity index is 0. The smallest absolute Gasteiger partial charge is 0.450 e. The van der Waals surface area contributed by atoms with Gasteiger partial charge in [0.1, 0.15) is 0 Å². The molecule has 0 aromatic heterocycles. The van der Waals surface area contributed by atoms with E-state index in [-0.39, 0.29) is 0 Å². The fraction of sp³-hybridized carbons (Fsp3) is 0.800. The molecule has 0 heterocycles. The van der Waals surface area contributed by atoms with Gasteiger partial charge in [0.05, 0.1) is 0 Å². The van der Waals surface area contributed by atoms with Gasteiger partial charge in [-0.05, 0) is 0 Å². The van der Waals surface area contributed by atoms with Gasteiger partial charge in [0.25, 0.3) is 0 Å². The van der Waals surface area contributed by atoms with Gasteiger partial charge in [-0.1, -0.05) is 0 Å². The molecule has 0 rings (SSSR count). The molecule has 0 saturated carbocycles. The molecule has 0 aliphatic carbocycles. The van der Waals surface area contributed by atoms with E-state index < -0.39 is 6.16 Å². The summed E-state index contributed by atoms with van der Waals surface area (Å²) >= 11 is 1.40. The van der Waals surface area contributed by atoms with Crippen molar-refractivity contribution in [2.75, 3.05) is 0 Å². The maximum atomic E-state index is 8.56. The molecule has 0 aliphatic heterocycles. The second kappa shape index (κ2) is 11.1. The van der Waals surface area contributed by atoms with Gasteiger partial charge < -0.3 is 10.2 Å². The Bertz CT molecular complexity index is 59.2. The molecule has 0 saturated heterocycles. The van der Waals surface area contributed by atoms with Crippen molar-refractivity contribution in [3.8, 4) is 0 Å². The number of carboxylic acid groups (broad SMARTS) is 2. The van der Waals surface area contributed by atoms with E-state index in [1.165, 1.54) is 44.4 Å². The van der Waals surface area contributed by atoms with E-state index in [1.54, 1.807) is 0 Å². The van der Waals surface area contributed by atoms with Gasteiger partial charge in [-0.25, -0.2) is 4.79 Å². The molecule has 0 spiro atoms. The molecule has 0 aromatic carbocycles. The summed E-state index contributed by atoms with van der Waals surface area (Å²) in [5.41, 5.74) is 0. The minimum absolute atomic E-state index is 1.38. The fourth-order valence-corrected chi connectivity index (χ4v) is 1.06. The number of carbonyl (C=O) groups is 1. The van der Waals surface area contributed by atoms with Crippen molar-refractivity contribution in [3.05, 3.63) is 0 Å². The molecule has 9 heavy (non-hydrogen) atoms. The van der Waals surface area contributed by atoms with E-state index in [1.807, 2.05) is 0 Å². The van der Waals surface area contributed by atoms with Crippen molar-refractivity contribution in [1.82, 2.24) is 0 Å². The number of hydrogen-bond acceptors (Lipinski definition) is 1. The van der Waals surface area contributed by atoms with Crippen molar-refractivity contribution in [2.24, 2.45) is 0 Å². The fourth-order valence-electron chi connectivity index (χ4n) is 0.354. The third-order valence-electron chi connectivity index (χ3n) is 0.707. The first-order chi connectivity index (χ1) is 4.15. The summed E-state index contributed by atoms with van der Waals surface area (Å²) in [7, 11) is 0. The molecule has 0 aliphatic rings. The van der Waals surface area contributed by atoms with Crippen LogP contribution in [0.15, 0.2) is 0 Å². The SMILES string of the molecule is CCC[CH2][Na].O=C(O)O. The molecule has 0 bridgehead atoms. The van der Waals surface area contributed by atoms with Crippen LogP contribution in [0, 0.1) is 0 Å². The summed E-state index contributed by atoms with van der Waals surface area (Å²) in [6.45, 7) is 2.23. The summed E-state index contributed by atoms with van der Waals surface area (Å²) in [6.07, 6.45) is 0.996. The van der Waals surface area contributed by atoms with E-state index in [4.69, 9.17) is 15.0 Å². The van der Waals surface area contributed by atoms with Crippen LogP contribution in [0.1, 0.15) is 19.8 Å². The minimum atomic E-state index is -1.83. The third-order valence-corrected chi connectivity index (χ3v) is 1.41. The van der Waals surface area contributed by atoms with E-state index >= 15 is 0 Å². The van der Waals surface area contributed by atoms with Crippen LogP contribution in [0.2, 0.25) is 3.67 Å². The standard InChI is InChI=1S/C4H9.CH2O3.Na/c1-3-4-2;2-1(3)4;/h1,3-4H2,2H3;(H2,2,3,4);. The number of unbranched alkanes of at least 4 members (excludes halogenated alkanes) is 1. The van der Waals surface area contributed by atoms with Crippen molar-refractivity contribution >= 4 is 34.1 Å². The van der Waals surface area contributed by atoms with Gasteiger partial charge in [0.2, 0.25) is 0 Å². The monoisotopic (exact) mass is 142 g/mol. The van der Waals surface area contributed by atoms with Crippen molar-refractivity contribution in [3.63, 3.8) is 0 Å². The Labute approximate surface area is 72.5 Å². The van der Waals surface area contributed by atoms with Crippen LogP contribution in [-0.2, 0) is 0 Å². The Morgan fingerprint density at radius 2 is 1.89 bits per heavy atom. The first-order valence-corrected chi connectivity index (χ1v) is 4.48. The van der Waals surface area contributed by atoms with E-state index in [0.717, 1.165) is 0 Å². The third kappa shape index (κ3) is 63.1. The summed E-state index contributed by atoms with van der Waals surface area (Å²) in [5, 5.41) is 13.9. The zero-order valence-corrected chi connectivity index (χ0v) is 7.92. The number of hydrogen-bond donors (Lipinski definition) is 2. The maximum absolute atomic E-state index is 8.56. The average Bonchev–Trinajstić information content (AvgIpc) is 1.66. The second-order valence-electron chi connectivity index (χ2n) is 1.64. The average molecular weight is 142 g/mol. The van der Waals surface area contributed by atoms with E-state index in [9.17, 15) is 0 Å². The van der Waals surface area contributed by atoms with Gasteiger partial charge in [-0.15, -0.1) is 0 Å². The predicted molar refractivity (Wildman–Crippen MR) is 36.1 cm³/mol. The molecule has 0 radical (unpaired) electrons. The second-order valence-corrected chi connectivity index (χ2v) is 2.64. The minimum Gasteiger partial charge on any atom is -0.450 e. The van der Waals surface area contributed by atoms with Crippen LogP contribution in [-0.4, -0.2) is 44.3 Å². The van der Waals surface area contributed by atoms with Gasteiger partial charge in [0, 0.05) is 0 Å². The first-order valence-electron chi connectivity index (χ1n) is 3.07. The number of rotatable bonds is 2. The zero-order valence-electron chi connectivity index (χ0n) is 5.92.